The summed E-state index contributed by atoms with van der Waals surface area (Å²) in [7, 11) is 1.14. The topological polar surface area (TPSA) is 111 Å². The number of ether oxygens (including phenoxy) is 2. The first-order chi connectivity index (χ1) is 45.0. The van der Waals surface area contributed by atoms with Crippen molar-refractivity contribution in [1.82, 2.24) is 0 Å². The number of unbranched alkanes of at least 4 members (excludes halogenated alkanes) is 21. The van der Waals surface area contributed by atoms with Crippen molar-refractivity contribution < 1.29 is 42.1 Å². The number of hydrogen-bond acceptors (Lipinski definition) is 8. The quantitative estimate of drug-likeness (QED) is 0.0195. The van der Waals surface area contributed by atoms with Crippen LogP contribution in [0.25, 0.3) is 0 Å². The molecule has 0 saturated carbocycles. The number of phosphoric acid groups is 1. The van der Waals surface area contributed by atoms with Crippen LogP contribution in [0.3, 0.4) is 0 Å². The lowest BCUT2D eigenvalue weighted by molar-refractivity contribution is -0.870. The number of phosphoric ester groups is 1. The van der Waals surface area contributed by atoms with Crippen molar-refractivity contribution in [3.05, 3.63) is 182 Å². The summed E-state index contributed by atoms with van der Waals surface area (Å²) in [5, 5.41) is 0. The van der Waals surface area contributed by atoms with E-state index in [2.05, 4.69) is 196 Å². The minimum Gasteiger partial charge on any atom is -0.756 e. The molecule has 0 saturated heterocycles. The second-order valence-corrected chi connectivity index (χ2v) is 26.2. The molecule has 0 aromatic carbocycles. The van der Waals surface area contributed by atoms with Crippen molar-refractivity contribution in [3.8, 4) is 0 Å². The molecule has 0 radical (unpaired) electrons. The maximum atomic E-state index is 12.9. The molecule has 0 aromatic heterocycles. The van der Waals surface area contributed by atoms with Crippen molar-refractivity contribution in [2.24, 2.45) is 0 Å². The Kier molecular flexibility index (Phi) is 66.7. The van der Waals surface area contributed by atoms with Gasteiger partial charge < -0.3 is 27.9 Å². The second-order valence-electron chi connectivity index (χ2n) is 24.8. The number of allylic oxidation sites excluding steroid dienone is 30. The molecule has 92 heavy (non-hydrogen) atoms. The van der Waals surface area contributed by atoms with E-state index in [1.54, 1.807) is 0 Å². The predicted octanol–water partition coefficient (Wildman–Crippen LogP) is 23.6. The summed E-state index contributed by atoms with van der Waals surface area (Å²) in [5.74, 6) is -0.854. The van der Waals surface area contributed by atoms with E-state index in [1.807, 2.05) is 21.1 Å². The van der Waals surface area contributed by atoms with E-state index < -0.39 is 32.5 Å². The fourth-order valence-electron chi connectivity index (χ4n) is 9.42. The Balaban J connectivity index is 4.13. The largest absolute Gasteiger partial charge is 0.756 e. The molecule has 520 valence electrons. The van der Waals surface area contributed by atoms with Crippen molar-refractivity contribution in [2.75, 3.05) is 47.5 Å². The molecule has 0 N–H and O–H groups in total. The molecule has 2 atom stereocenters. The minimum absolute atomic E-state index is 0.0419. The Morgan fingerprint density at radius 1 is 0.337 bits per heavy atom. The summed E-state index contributed by atoms with van der Waals surface area (Å²) < 4.78 is 34.3. The third-order valence-corrected chi connectivity index (χ3v) is 15.9. The van der Waals surface area contributed by atoms with Crippen LogP contribution in [0, 0.1) is 0 Å². The van der Waals surface area contributed by atoms with E-state index in [0.717, 1.165) is 148 Å². The number of likely N-dealkylation sites (N-methyl/N-ethyl adjacent to an activating group) is 1. The number of rotatable bonds is 65. The molecule has 9 nitrogen and oxygen atoms in total. The smallest absolute Gasteiger partial charge is 0.306 e. The number of carbonyl (C=O) groups is 2. The summed E-state index contributed by atoms with van der Waals surface area (Å²) in [6.07, 6.45) is 108. The second kappa shape index (κ2) is 70.4. The maximum absolute atomic E-state index is 12.9. The molecule has 0 fully saturated rings. The molecule has 10 heteroatoms. The van der Waals surface area contributed by atoms with Crippen LogP contribution in [-0.2, 0) is 32.7 Å². The molecule has 0 amide bonds. The highest BCUT2D eigenvalue weighted by atomic mass is 31.2. The Bertz CT molecular complexity index is 2210. The van der Waals surface area contributed by atoms with Crippen molar-refractivity contribution in [3.63, 3.8) is 0 Å². The maximum Gasteiger partial charge on any atom is 0.306 e. The lowest BCUT2D eigenvalue weighted by Gasteiger charge is -2.28. The Morgan fingerprint density at radius 2 is 0.587 bits per heavy atom. The molecule has 0 rings (SSSR count). The van der Waals surface area contributed by atoms with Gasteiger partial charge in [-0.05, 0) is 135 Å². The number of hydrogen-bond donors (Lipinski definition) is 0. The average molecular weight is 1290 g/mol. The lowest BCUT2D eigenvalue weighted by Crippen LogP contribution is -2.37. The molecule has 0 heterocycles. The van der Waals surface area contributed by atoms with E-state index in [1.165, 1.54) is 89.9 Å². The van der Waals surface area contributed by atoms with Gasteiger partial charge in [-0.3, -0.25) is 14.2 Å². The predicted molar refractivity (Wildman–Crippen MR) is 396 cm³/mol. The third-order valence-electron chi connectivity index (χ3n) is 14.9. The van der Waals surface area contributed by atoms with Crippen LogP contribution < -0.4 is 4.89 Å². The van der Waals surface area contributed by atoms with Gasteiger partial charge in [0, 0.05) is 12.8 Å². The summed E-state index contributed by atoms with van der Waals surface area (Å²) in [6, 6.07) is 0. The fourth-order valence-corrected chi connectivity index (χ4v) is 10.1. The number of esters is 2. The van der Waals surface area contributed by atoms with Gasteiger partial charge >= 0.3 is 11.9 Å². The zero-order chi connectivity index (χ0) is 66.9. The van der Waals surface area contributed by atoms with Gasteiger partial charge in [0.1, 0.15) is 19.8 Å². The standard InChI is InChI=1S/C82H134NO8P/c1-6-8-10-12-14-16-18-20-22-24-26-28-30-32-34-35-36-37-38-39-40-41-42-43-44-45-46-47-49-51-53-55-57-59-61-63-65-67-69-71-73-75-82(85)91-80(79-90-92(86,87)89-77-76-83(3,4)5)78-88-81(84)74-72-70-68-66-64-62-60-58-56-54-52-50-48-33-31-29-27-25-23-21-19-17-15-13-11-9-7-2/h8-11,14-17,20-23,26-29,32,34,36-37,39-40,42-43,45-46,49,51,55,57,80H,6-7,12-13,18-19,24-25,30-31,33,35,38,41,44,47-48,50,52-54,56,58-79H2,1-5H3/b10-8-,11-9-,16-14-,17-15-,22-20-,23-21-,28-26-,29-27-,34-32-,37-36-,40-39-,43-42-,46-45-,51-49-,57-55-. The highest BCUT2D eigenvalue weighted by molar-refractivity contribution is 7.45. The van der Waals surface area contributed by atoms with Crippen LogP contribution in [0.5, 0.6) is 0 Å². The lowest BCUT2D eigenvalue weighted by atomic mass is 10.0. The van der Waals surface area contributed by atoms with Gasteiger partial charge in [0.15, 0.2) is 6.10 Å². The average Bonchev–Trinajstić information content (AvgIpc) is 2.23. The minimum atomic E-state index is -4.66. The van der Waals surface area contributed by atoms with Gasteiger partial charge in [-0.25, -0.2) is 0 Å². The molecule has 0 bridgehead atoms. The van der Waals surface area contributed by atoms with Gasteiger partial charge in [0.05, 0.1) is 27.7 Å². The molecule has 0 spiro atoms. The van der Waals surface area contributed by atoms with Crippen LogP contribution in [0.2, 0.25) is 0 Å². The van der Waals surface area contributed by atoms with Crippen LogP contribution in [0.4, 0.5) is 0 Å². The summed E-state index contributed by atoms with van der Waals surface area (Å²) in [6.45, 7) is 3.99. The van der Waals surface area contributed by atoms with Crippen molar-refractivity contribution in [2.45, 2.75) is 277 Å². The Morgan fingerprint density at radius 3 is 0.870 bits per heavy atom. The van der Waals surface area contributed by atoms with E-state index in [4.69, 9.17) is 18.5 Å². The highest BCUT2D eigenvalue weighted by Crippen LogP contribution is 2.38. The molecular weight excluding hydrogens is 1160 g/mol. The highest BCUT2D eigenvalue weighted by Gasteiger charge is 2.22. The molecule has 0 aliphatic heterocycles. The Hall–Kier alpha value is -4.89. The van der Waals surface area contributed by atoms with Crippen LogP contribution in [-0.4, -0.2) is 70.0 Å². The van der Waals surface area contributed by atoms with Gasteiger partial charge in [-0.1, -0.05) is 305 Å². The normalized spacial score (nSPS) is 14.2. The number of carbonyl (C=O) groups excluding carboxylic acids is 2. The molecule has 2 unspecified atom stereocenters. The molecule has 0 aliphatic rings. The van der Waals surface area contributed by atoms with Crippen LogP contribution in [0.1, 0.15) is 271 Å². The number of nitrogens with zero attached hydrogens (tertiary/aromatic N) is 1. The third kappa shape index (κ3) is 74.2. The fraction of sp³-hybridized carbons (Fsp3) is 0.610. The first-order valence-corrected chi connectivity index (χ1v) is 38.0. The van der Waals surface area contributed by atoms with Crippen molar-refractivity contribution >= 4 is 19.8 Å². The summed E-state index contributed by atoms with van der Waals surface area (Å²) in [5.41, 5.74) is 0. The first kappa shape index (κ1) is 87.1. The zero-order valence-electron chi connectivity index (χ0n) is 59.2. The SMILES string of the molecule is CC/C=C\C/C=C\C/C=C\C/C=C\C/C=C\C/C=C\C/C=C\C/C=C\C/C=C\C/C=C\C/C=C\CCCCCCCCCC(=O)OC(COC(=O)CCCCCCCCCCCCCCCC/C=C\C/C=C\C/C=C\C/C=C\CC)COP(=O)([O-])OCC[N+](C)(C)C. The van der Waals surface area contributed by atoms with Gasteiger partial charge in [-0.15, -0.1) is 0 Å². The first-order valence-electron chi connectivity index (χ1n) is 36.5. The monoisotopic (exact) mass is 1290 g/mol. The van der Waals surface area contributed by atoms with E-state index in [0.29, 0.717) is 17.4 Å². The van der Waals surface area contributed by atoms with E-state index in [9.17, 15) is 19.0 Å². The van der Waals surface area contributed by atoms with E-state index in [-0.39, 0.29) is 26.1 Å². The van der Waals surface area contributed by atoms with Gasteiger partial charge in [0.2, 0.25) is 0 Å². The Labute approximate surface area is 565 Å². The van der Waals surface area contributed by atoms with Crippen molar-refractivity contribution in [1.29, 1.82) is 0 Å². The molecule has 0 aliphatic carbocycles. The van der Waals surface area contributed by atoms with Gasteiger partial charge in [-0.2, -0.15) is 0 Å². The van der Waals surface area contributed by atoms with Gasteiger partial charge in [0.25, 0.3) is 7.82 Å². The van der Waals surface area contributed by atoms with E-state index >= 15 is 0 Å². The zero-order valence-corrected chi connectivity index (χ0v) is 60.1. The van der Waals surface area contributed by atoms with Crippen LogP contribution >= 0.6 is 7.82 Å². The van der Waals surface area contributed by atoms with Crippen LogP contribution in [0.15, 0.2) is 182 Å². The molecule has 0 aromatic rings. The summed E-state index contributed by atoms with van der Waals surface area (Å²) >= 11 is 0. The summed E-state index contributed by atoms with van der Waals surface area (Å²) in [4.78, 5) is 38.1. The molecular formula is C82H134NO8P. The number of quaternary nitrogens is 1.